The molecule has 2 rings (SSSR count). The van der Waals surface area contributed by atoms with Gasteiger partial charge in [-0.1, -0.05) is 32.0 Å². The second-order valence-corrected chi connectivity index (χ2v) is 6.89. The van der Waals surface area contributed by atoms with E-state index in [4.69, 9.17) is 5.73 Å². The normalized spacial score (nSPS) is 16.6. The molecule has 0 amide bonds. The van der Waals surface area contributed by atoms with Gasteiger partial charge in [0, 0.05) is 51.5 Å². The number of nitrogens with two attached hydrogens (primary N) is 1. The number of guanidine groups is 1. The molecule has 0 aromatic heterocycles. The zero-order valence-corrected chi connectivity index (χ0v) is 15.2. The minimum absolute atomic E-state index is 0.588. The topological polar surface area (TPSA) is 56.9 Å². The van der Waals surface area contributed by atoms with Crippen molar-refractivity contribution in [1.29, 1.82) is 0 Å². The molecular weight excluding hydrogens is 298 g/mol. The van der Waals surface area contributed by atoms with Gasteiger partial charge in [-0.25, -0.2) is 0 Å². The maximum absolute atomic E-state index is 5.88. The molecular formula is C19H33N5. The first-order valence-corrected chi connectivity index (χ1v) is 9.21. The van der Waals surface area contributed by atoms with Crippen LogP contribution in [0.2, 0.25) is 0 Å². The molecule has 1 saturated heterocycles. The quantitative estimate of drug-likeness (QED) is 0.435. The Morgan fingerprint density at radius 2 is 1.88 bits per heavy atom. The number of benzene rings is 1. The highest BCUT2D eigenvalue weighted by Crippen LogP contribution is 2.15. The van der Waals surface area contributed by atoms with E-state index in [1.165, 1.54) is 5.69 Å². The number of nitrogens with zero attached hydrogens (tertiary/aromatic N) is 3. The summed E-state index contributed by atoms with van der Waals surface area (Å²) in [4.78, 5) is 9.40. The molecule has 0 bridgehead atoms. The molecule has 1 aromatic carbocycles. The molecule has 1 fully saturated rings. The van der Waals surface area contributed by atoms with Crippen molar-refractivity contribution in [2.24, 2.45) is 16.6 Å². The van der Waals surface area contributed by atoms with Crippen molar-refractivity contribution in [3.05, 3.63) is 30.3 Å². The van der Waals surface area contributed by atoms with Crippen LogP contribution >= 0.6 is 0 Å². The SMILES string of the molecule is CC(C)CCNC(N)=NCCCN1CCN(c2ccccc2)CC1. The van der Waals surface area contributed by atoms with Crippen LogP contribution in [0.4, 0.5) is 5.69 Å². The molecule has 1 aliphatic heterocycles. The van der Waals surface area contributed by atoms with E-state index in [9.17, 15) is 0 Å². The summed E-state index contributed by atoms with van der Waals surface area (Å²) in [5.41, 5.74) is 7.22. The zero-order chi connectivity index (χ0) is 17.2. The Hall–Kier alpha value is -1.75. The van der Waals surface area contributed by atoms with Gasteiger partial charge < -0.3 is 16.0 Å². The molecule has 1 aliphatic rings. The lowest BCUT2D eigenvalue weighted by molar-refractivity contribution is 0.256. The van der Waals surface area contributed by atoms with Gasteiger partial charge in [-0.3, -0.25) is 9.89 Å². The summed E-state index contributed by atoms with van der Waals surface area (Å²) < 4.78 is 0. The molecule has 3 N–H and O–H groups in total. The van der Waals surface area contributed by atoms with Crippen molar-refractivity contribution in [3.8, 4) is 0 Å². The van der Waals surface area contributed by atoms with Gasteiger partial charge in [0.05, 0.1) is 0 Å². The highest BCUT2D eigenvalue weighted by Gasteiger charge is 2.16. The van der Waals surface area contributed by atoms with Crippen LogP contribution in [0.1, 0.15) is 26.7 Å². The van der Waals surface area contributed by atoms with Crippen LogP contribution in [0.3, 0.4) is 0 Å². The fourth-order valence-electron chi connectivity index (χ4n) is 2.91. The number of hydrogen-bond donors (Lipinski definition) is 2. The molecule has 5 heteroatoms. The fourth-order valence-corrected chi connectivity index (χ4v) is 2.91. The number of anilines is 1. The Bertz CT molecular complexity index is 478. The predicted octanol–water partition coefficient (Wildman–Crippen LogP) is 2.15. The van der Waals surface area contributed by atoms with E-state index >= 15 is 0 Å². The van der Waals surface area contributed by atoms with Gasteiger partial charge in [-0.05, 0) is 30.9 Å². The van der Waals surface area contributed by atoms with Crippen molar-refractivity contribution in [1.82, 2.24) is 10.2 Å². The average Bonchev–Trinajstić information content (AvgIpc) is 2.60. The van der Waals surface area contributed by atoms with E-state index in [0.717, 1.165) is 58.7 Å². The van der Waals surface area contributed by atoms with E-state index in [1.807, 2.05) is 0 Å². The van der Waals surface area contributed by atoms with Gasteiger partial charge in [0.25, 0.3) is 0 Å². The van der Waals surface area contributed by atoms with Crippen molar-refractivity contribution in [2.45, 2.75) is 26.7 Å². The Balaban J connectivity index is 1.58. The van der Waals surface area contributed by atoms with Crippen molar-refractivity contribution in [2.75, 3.05) is 50.7 Å². The minimum atomic E-state index is 0.588. The van der Waals surface area contributed by atoms with E-state index < -0.39 is 0 Å². The number of piperazine rings is 1. The van der Waals surface area contributed by atoms with Gasteiger partial charge in [-0.2, -0.15) is 0 Å². The minimum Gasteiger partial charge on any atom is -0.370 e. The van der Waals surface area contributed by atoms with Gasteiger partial charge in [0.15, 0.2) is 5.96 Å². The second kappa shape index (κ2) is 10.2. The Morgan fingerprint density at radius 3 is 2.54 bits per heavy atom. The maximum atomic E-state index is 5.88. The van der Waals surface area contributed by atoms with E-state index in [0.29, 0.717) is 11.9 Å². The standard InChI is InChI=1S/C19H33N5/c1-17(2)9-11-22-19(20)21-10-6-12-23-13-15-24(16-14-23)18-7-4-3-5-8-18/h3-5,7-8,17H,6,9-16H2,1-2H3,(H3,20,21,22). The van der Waals surface area contributed by atoms with Crippen LogP contribution in [-0.2, 0) is 0 Å². The fraction of sp³-hybridized carbons (Fsp3) is 0.632. The summed E-state index contributed by atoms with van der Waals surface area (Å²) in [5.74, 6) is 1.28. The summed E-state index contributed by atoms with van der Waals surface area (Å²) in [7, 11) is 0. The third-order valence-electron chi connectivity index (χ3n) is 4.44. The van der Waals surface area contributed by atoms with Gasteiger partial charge in [-0.15, -0.1) is 0 Å². The second-order valence-electron chi connectivity index (χ2n) is 6.89. The first kappa shape index (κ1) is 18.6. The average molecular weight is 332 g/mol. The van der Waals surface area contributed by atoms with Gasteiger partial charge in [0.2, 0.25) is 0 Å². The van der Waals surface area contributed by atoms with Crippen LogP contribution in [-0.4, -0.2) is 56.7 Å². The molecule has 0 aliphatic carbocycles. The van der Waals surface area contributed by atoms with Crippen LogP contribution in [0.15, 0.2) is 35.3 Å². The summed E-state index contributed by atoms with van der Waals surface area (Å²) in [6, 6.07) is 10.7. The molecule has 0 atom stereocenters. The third-order valence-corrected chi connectivity index (χ3v) is 4.44. The van der Waals surface area contributed by atoms with Crippen molar-refractivity contribution >= 4 is 11.6 Å². The lowest BCUT2D eigenvalue weighted by Gasteiger charge is -2.36. The highest BCUT2D eigenvalue weighted by molar-refractivity contribution is 5.77. The van der Waals surface area contributed by atoms with Crippen LogP contribution < -0.4 is 16.0 Å². The Kier molecular flexibility index (Phi) is 7.89. The summed E-state index contributed by atoms with van der Waals surface area (Å²) in [6.45, 7) is 11.7. The molecule has 0 unspecified atom stereocenters. The van der Waals surface area contributed by atoms with E-state index in [-0.39, 0.29) is 0 Å². The molecule has 0 spiro atoms. The molecule has 0 saturated carbocycles. The zero-order valence-electron chi connectivity index (χ0n) is 15.2. The first-order valence-electron chi connectivity index (χ1n) is 9.21. The lowest BCUT2D eigenvalue weighted by Crippen LogP contribution is -2.46. The van der Waals surface area contributed by atoms with Crippen molar-refractivity contribution < 1.29 is 0 Å². The highest BCUT2D eigenvalue weighted by atomic mass is 15.3. The van der Waals surface area contributed by atoms with Crippen LogP contribution in [0.5, 0.6) is 0 Å². The number of para-hydroxylation sites is 1. The first-order chi connectivity index (χ1) is 11.6. The number of nitrogens with one attached hydrogen (secondary N) is 1. The number of hydrogen-bond acceptors (Lipinski definition) is 3. The van der Waals surface area contributed by atoms with Crippen molar-refractivity contribution in [3.63, 3.8) is 0 Å². The summed E-state index contributed by atoms with van der Waals surface area (Å²) in [6.07, 6.45) is 2.19. The third kappa shape index (κ3) is 6.79. The van der Waals surface area contributed by atoms with Crippen LogP contribution in [0.25, 0.3) is 0 Å². The predicted molar refractivity (Wildman–Crippen MR) is 104 cm³/mol. The Labute approximate surface area is 146 Å². The molecule has 134 valence electrons. The molecule has 24 heavy (non-hydrogen) atoms. The molecule has 1 heterocycles. The van der Waals surface area contributed by atoms with Gasteiger partial charge in [0.1, 0.15) is 0 Å². The molecule has 0 radical (unpaired) electrons. The van der Waals surface area contributed by atoms with E-state index in [1.54, 1.807) is 0 Å². The monoisotopic (exact) mass is 331 g/mol. The summed E-state index contributed by atoms with van der Waals surface area (Å²) in [5, 5.41) is 3.18. The smallest absolute Gasteiger partial charge is 0.188 e. The Morgan fingerprint density at radius 1 is 1.17 bits per heavy atom. The molecule has 1 aromatic rings. The largest absolute Gasteiger partial charge is 0.370 e. The molecule has 5 nitrogen and oxygen atoms in total. The maximum Gasteiger partial charge on any atom is 0.188 e. The van der Waals surface area contributed by atoms with E-state index in [2.05, 4.69) is 64.3 Å². The summed E-state index contributed by atoms with van der Waals surface area (Å²) >= 11 is 0. The lowest BCUT2D eigenvalue weighted by atomic mass is 10.1. The van der Waals surface area contributed by atoms with Crippen LogP contribution in [0, 0.1) is 5.92 Å². The van der Waals surface area contributed by atoms with Gasteiger partial charge >= 0.3 is 0 Å². The number of aliphatic imine (C=N–C) groups is 1. The number of rotatable bonds is 8.